The number of aromatic nitrogens is 1. The van der Waals surface area contributed by atoms with E-state index >= 15 is 0 Å². The molecule has 1 saturated heterocycles. The van der Waals surface area contributed by atoms with Crippen LogP contribution in [0, 0.1) is 0 Å². The number of nitrogens with one attached hydrogen (secondary N) is 2. The lowest BCUT2D eigenvalue weighted by Gasteiger charge is -2.34. The van der Waals surface area contributed by atoms with Gasteiger partial charge in [-0.25, -0.2) is 9.78 Å². The van der Waals surface area contributed by atoms with Crippen LogP contribution < -0.4 is 30.7 Å². The highest BCUT2D eigenvalue weighted by atomic mass is 16.6. The van der Waals surface area contributed by atoms with E-state index < -0.39 is 11.7 Å². The Morgan fingerprint density at radius 3 is 3.03 bits per heavy atom. The number of rotatable bonds is 11. The number of allylic oxidation sites excluding steroid dienone is 2. The van der Waals surface area contributed by atoms with Crippen molar-refractivity contribution in [3.05, 3.63) is 60.2 Å². The van der Waals surface area contributed by atoms with Crippen molar-refractivity contribution in [2.45, 2.75) is 24.5 Å². The van der Waals surface area contributed by atoms with E-state index in [1.54, 1.807) is 19.2 Å². The number of anilines is 2. The van der Waals surface area contributed by atoms with Gasteiger partial charge in [-0.05, 0) is 48.4 Å². The van der Waals surface area contributed by atoms with E-state index in [1.165, 1.54) is 4.90 Å². The number of benzene rings is 1. The molecule has 11 nitrogen and oxygen atoms in total. The Kier molecular flexibility index (Phi) is 8.10. The standard InChI is InChI=1S/C28H33N5O6/c1-36-21-6-2-4-19(14-21)20-5-3-10-28(15-20,38-13-11-29)18-30-12-9-22-16-33(27(35)39-22)24-8-7-23-26(31-24)32-25(34)17-37-23/h2-8,10,14,22,30H,9,11-13,15-18,29H2,1H3,(H,31,32,34)/t22-,28?/m0/s1. The van der Waals surface area contributed by atoms with Crippen LogP contribution in [0.5, 0.6) is 11.5 Å². The number of hydrogen-bond donors (Lipinski definition) is 3. The first-order valence-electron chi connectivity index (χ1n) is 13.0. The van der Waals surface area contributed by atoms with Crippen LogP contribution in [0.25, 0.3) is 5.57 Å². The van der Waals surface area contributed by atoms with Gasteiger partial charge in [-0.1, -0.05) is 30.4 Å². The van der Waals surface area contributed by atoms with Gasteiger partial charge in [0.25, 0.3) is 5.91 Å². The van der Waals surface area contributed by atoms with Gasteiger partial charge in [0.15, 0.2) is 18.2 Å². The molecule has 2 amide bonds. The molecule has 1 aromatic heterocycles. The van der Waals surface area contributed by atoms with E-state index in [0.717, 1.165) is 16.9 Å². The number of amides is 2. The van der Waals surface area contributed by atoms with Crippen LogP contribution in [0.1, 0.15) is 18.4 Å². The zero-order chi connectivity index (χ0) is 27.2. The second kappa shape index (κ2) is 11.9. The number of hydrogen-bond acceptors (Lipinski definition) is 9. The minimum Gasteiger partial charge on any atom is -0.497 e. The van der Waals surface area contributed by atoms with Gasteiger partial charge < -0.3 is 35.3 Å². The van der Waals surface area contributed by atoms with Crippen molar-refractivity contribution in [3.8, 4) is 11.5 Å². The summed E-state index contributed by atoms with van der Waals surface area (Å²) in [5.74, 6) is 1.69. The number of carbonyl (C=O) groups is 2. The zero-order valence-electron chi connectivity index (χ0n) is 21.9. The third-order valence-electron chi connectivity index (χ3n) is 6.81. The third-order valence-corrected chi connectivity index (χ3v) is 6.81. The lowest BCUT2D eigenvalue weighted by atomic mass is 9.86. The first-order valence-corrected chi connectivity index (χ1v) is 13.0. The summed E-state index contributed by atoms with van der Waals surface area (Å²) in [4.78, 5) is 30.0. The van der Waals surface area contributed by atoms with Crippen LogP contribution in [-0.4, -0.2) is 75.2 Å². The quantitative estimate of drug-likeness (QED) is 0.371. The average molecular weight is 536 g/mol. The van der Waals surface area contributed by atoms with Crippen LogP contribution in [-0.2, 0) is 14.3 Å². The molecule has 11 heteroatoms. The van der Waals surface area contributed by atoms with E-state index in [4.69, 9.17) is 24.7 Å². The van der Waals surface area contributed by atoms with Crippen molar-refractivity contribution in [1.82, 2.24) is 10.3 Å². The van der Waals surface area contributed by atoms with Gasteiger partial charge in [0.2, 0.25) is 0 Å². The van der Waals surface area contributed by atoms with Crippen LogP contribution in [0.15, 0.2) is 54.6 Å². The molecule has 2 aromatic rings. The molecule has 0 bridgehead atoms. The Morgan fingerprint density at radius 1 is 1.28 bits per heavy atom. The van der Waals surface area contributed by atoms with Crippen LogP contribution in [0.2, 0.25) is 0 Å². The average Bonchev–Trinajstić information content (AvgIpc) is 3.34. The molecule has 1 fully saturated rings. The number of methoxy groups -OCH3 is 1. The molecule has 39 heavy (non-hydrogen) atoms. The molecule has 1 unspecified atom stereocenters. The predicted octanol–water partition coefficient (Wildman–Crippen LogP) is 2.48. The van der Waals surface area contributed by atoms with E-state index in [9.17, 15) is 9.59 Å². The molecule has 2 aliphatic heterocycles. The van der Waals surface area contributed by atoms with E-state index in [2.05, 4.69) is 33.8 Å². The SMILES string of the molecule is COc1cccc(C2=CC=CC(CNCC[C@H]3CN(c4ccc5c(n4)NC(=O)CO5)C(=O)O3)(OCCN)C2)c1. The summed E-state index contributed by atoms with van der Waals surface area (Å²) in [6, 6.07) is 11.3. The smallest absolute Gasteiger partial charge is 0.415 e. The van der Waals surface area contributed by atoms with Gasteiger partial charge in [-0.15, -0.1) is 0 Å². The fourth-order valence-electron chi connectivity index (χ4n) is 4.86. The molecule has 206 valence electrons. The van der Waals surface area contributed by atoms with Crippen LogP contribution >= 0.6 is 0 Å². The topological polar surface area (TPSA) is 137 Å². The molecule has 3 heterocycles. The van der Waals surface area contributed by atoms with Crippen molar-refractivity contribution in [2.24, 2.45) is 5.73 Å². The van der Waals surface area contributed by atoms with Gasteiger partial charge >= 0.3 is 6.09 Å². The highest BCUT2D eigenvalue weighted by Crippen LogP contribution is 2.34. The van der Waals surface area contributed by atoms with Gasteiger partial charge in [0.05, 0.1) is 20.3 Å². The number of pyridine rings is 1. The van der Waals surface area contributed by atoms with Crippen molar-refractivity contribution in [2.75, 3.05) is 56.7 Å². The minimum atomic E-state index is -0.551. The highest BCUT2D eigenvalue weighted by molar-refractivity contribution is 5.95. The van der Waals surface area contributed by atoms with Gasteiger partial charge in [-0.2, -0.15) is 0 Å². The first-order chi connectivity index (χ1) is 19.0. The molecule has 1 aliphatic carbocycles. The molecule has 3 aliphatic rings. The summed E-state index contributed by atoms with van der Waals surface area (Å²) < 4.78 is 22.6. The van der Waals surface area contributed by atoms with Crippen LogP contribution in [0.3, 0.4) is 0 Å². The Morgan fingerprint density at radius 2 is 2.18 bits per heavy atom. The van der Waals surface area contributed by atoms with E-state index in [-0.39, 0.29) is 18.6 Å². The molecule has 0 radical (unpaired) electrons. The molecule has 5 rings (SSSR count). The van der Waals surface area contributed by atoms with E-state index in [0.29, 0.717) is 63.0 Å². The molecule has 4 N–H and O–H groups in total. The molecule has 0 saturated carbocycles. The van der Waals surface area contributed by atoms with Crippen molar-refractivity contribution >= 4 is 29.2 Å². The maximum atomic E-state index is 12.6. The number of ether oxygens (including phenoxy) is 4. The third kappa shape index (κ3) is 6.22. The van der Waals surface area contributed by atoms with Crippen molar-refractivity contribution in [1.29, 1.82) is 0 Å². The predicted molar refractivity (Wildman–Crippen MR) is 146 cm³/mol. The highest BCUT2D eigenvalue weighted by Gasteiger charge is 2.35. The summed E-state index contributed by atoms with van der Waals surface area (Å²) >= 11 is 0. The number of fused-ring (bicyclic) bond motifs is 1. The number of nitrogens with two attached hydrogens (primary N) is 1. The lowest BCUT2D eigenvalue weighted by molar-refractivity contribution is -0.118. The summed E-state index contributed by atoms with van der Waals surface area (Å²) in [5.41, 5.74) is 7.44. The number of cyclic esters (lactones) is 1. The largest absolute Gasteiger partial charge is 0.497 e. The fraction of sp³-hybridized carbons (Fsp3) is 0.393. The van der Waals surface area contributed by atoms with Gasteiger partial charge in [-0.3, -0.25) is 9.69 Å². The Hall–Kier alpha value is -3.93. The maximum Gasteiger partial charge on any atom is 0.415 e. The number of nitrogens with zero attached hydrogens (tertiary/aromatic N) is 2. The summed E-state index contributed by atoms with van der Waals surface area (Å²) in [5, 5.41) is 6.14. The molecule has 0 spiro atoms. The molecule has 2 atom stereocenters. The second-order valence-electron chi connectivity index (χ2n) is 9.60. The Bertz CT molecular complexity index is 1280. The lowest BCUT2D eigenvalue weighted by Crippen LogP contribution is -2.44. The van der Waals surface area contributed by atoms with Gasteiger partial charge in [0.1, 0.15) is 23.3 Å². The van der Waals surface area contributed by atoms with Crippen molar-refractivity contribution in [3.63, 3.8) is 0 Å². The Balaban J connectivity index is 1.16. The fourth-order valence-corrected chi connectivity index (χ4v) is 4.86. The minimum absolute atomic E-state index is 0.0538. The monoisotopic (exact) mass is 535 g/mol. The zero-order valence-corrected chi connectivity index (χ0v) is 21.9. The summed E-state index contributed by atoms with van der Waals surface area (Å²) in [6.45, 7) is 2.36. The molecule has 1 aromatic carbocycles. The summed E-state index contributed by atoms with van der Waals surface area (Å²) in [7, 11) is 1.66. The van der Waals surface area contributed by atoms with E-state index in [1.807, 2.05) is 24.3 Å². The van der Waals surface area contributed by atoms with Gasteiger partial charge in [0, 0.05) is 19.5 Å². The normalized spacial score (nSPS) is 22.1. The Labute approximate surface area is 226 Å². The van der Waals surface area contributed by atoms with Crippen molar-refractivity contribution < 1.29 is 28.5 Å². The maximum absolute atomic E-state index is 12.6. The second-order valence-corrected chi connectivity index (χ2v) is 9.60. The number of carbonyl (C=O) groups excluding carboxylic acids is 2. The first kappa shape index (κ1) is 26.7. The molecular formula is C28H33N5O6. The molecular weight excluding hydrogens is 502 g/mol. The summed E-state index contributed by atoms with van der Waals surface area (Å²) in [6.07, 6.45) is 6.71. The van der Waals surface area contributed by atoms with Crippen LogP contribution in [0.4, 0.5) is 16.4 Å².